The maximum absolute atomic E-state index is 12.2. The fourth-order valence-electron chi connectivity index (χ4n) is 2.25. The topological polar surface area (TPSA) is 80.3 Å². The molecule has 7 heteroatoms. The van der Waals surface area contributed by atoms with Gasteiger partial charge in [-0.05, 0) is 54.6 Å². The molecule has 0 unspecified atom stereocenters. The van der Waals surface area contributed by atoms with E-state index in [-0.39, 0.29) is 18.4 Å². The molecule has 0 aliphatic heterocycles. The normalized spacial score (nSPS) is 10.1. The lowest BCUT2D eigenvalue weighted by molar-refractivity contribution is -0.118. The third-order valence-electron chi connectivity index (χ3n) is 3.51. The third kappa shape index (κ3) is 5.55. The molecule has 136 valence electrons. The van der Waals surface area contributed by atoms with Crippen molar-refractivity contribution in [3.05, 3.63) is 83.6 Å². The summed E-state index contributed by atoms with van der Waals surface area (Å²) in [5, 5.41) is 6.08. The zero-order chi connectivity index (χ0) is 19.1. The van der Waals surface area contributed by atoms with E-state index in [9.17, 15) is 9.59 Å². The number of benzene rings is 2. The van der Waals surface area contributed by atoms with Gasteiger partial charge in [-0.15, -0.1) is 0 Å². The first-order chi connectivity index (χ1) is 13.1. The number of carbonyl (C=O) groups excluding carboxylic acids is 2. The van der Waals surface area contributed by atoms with Gasteiger partial charge in [-0.2, -0.15) is 0 Å². The van der Waals surface area contributed by atoms with Crippen LogP contribution in [0.2, 0.25) is 5.02 Å². The van der Waals surface area contributed by atoms with Crippen molar-refractivity contribution in [3.63, 3.8) is 0 Å². The molecule has 0 bridgehead atoms. The van der Waals surface area contributed by atoms with Gasteiger partial charge < -0.3 is 15.4 Å². The number of halogens is 1. The van der Waals surface area contributed by atoms with E-state index in [0.29, 0.717) is 27.7 Å². The van der Waals surface area contributed by atoms with Gasteiger partial charge in [0.15, 0.2) is 6.61 Å². The first-order valence-electron chi connectivity index (χ1n) is 8.10. The Morgan fingerprint density at radius 1 is 0.963 bits per heavy atom. The van der Waals surface area contributed by atoms with Gasteiger partial charge in [-0.1, -0.05) is 17.7 Å². The number of amides is 2. The third-order valence-corrected chi connectivity index (χ3v) is 3.76. The van der Waals surface area contributed by atoms with Crippen LogP contribution >= 0.6 is 11.6 Å². The number of pyridine rings is 1. The summed E-state index contributed by atoms with van der Waals surface area (Å²) < 4.78 is 5.40. The van der Waals surface area contributed by atoms with Crippen LogP contribution in [0.25, 0.3) is 0 Å². The average Bonchev–Trinajstić information content (AvgIpc) is 2.68. The Labute approximate surface area is 161 Å². The summed E-state index contributed by atoms with van der Waals surface area (Å²) in [6.45, 7) is -0.145. The van der Waals surface area contributed by atoms with Crippen LogP contribution in [0.3, 0.4) is 0 Å². The van der Waals surface area contributed by atoms with Crippen molar-refractivity contribution in [1.29, 1.82) is 0 Å². The van der Waals surface area contributed by atoms with Gasteiger partial charge in [-0.25, -0.2) is 0 Å². The van der Waals surface area contributed by atoms with E-state index in [4.69, 9.17) is 16.3 Å². The molecule has 2 N–H and O–H groups in total. The van der Waals surface area contributed by atoms with Crippen LogP contribution in [0.15, 0.2) is 73.1 Å². The molecule has 0 aliphatic carbocycles. The number of carbonyl (C=O) groups is 2. The second-order valence-corrected chi connectivity index (χ2v) is 6.00. The van der Waals surface area contributed by atoms with Gasteiger partial charge in [-0.3, -0.25) is 14.6 Å². The maximum atomic E-state index is 12.2. The van der Waals surface area contributed by atoms with Gasteiger partial charge in [0, 0.05) is 28.8 Å². The molecular weight excluding hydrogens is 366 g/mol. The molecule has 0 aliphatic rings. The predicted molar refractivity (Wildman–Crippen MR) is 104 cm³/mol. The second kappa shape index (κ2) is 8.82. The molecule has 3 aromatic rings. The Balaban J connectivity index is 1.56. The minimum atomic E-state index is -0.319. The molecule has 0 fully saturated rings. The number of nitrogens with one attached hydrogen (secondary N) is 2. The predicted octanol–water partition coefficient (Wildman–Crippen LogP) is 4.00. The lowest BCUT2D eigenvalue weighted by Gasteiger charge is -2.10. The molecule has 0 atom stereocenters. The van der Waals surface area contributed by atoms with Gasteiger partial charge in [0.05, 0.1) is 5.56 Å². The Hall–Kier alpha value is -3.38. The smallest absolute Gasteiger partial charge is 0.262 e. The summed E-state index contributed by atoms with van der Waals surface area (Å²) in [5.74, 6) is -0.0506. The molecule has 3 rings (SSSR count). The zero-order valence-corrected chi connectivity index (χ0v) is 14.9. The molecule has 1 aromatic heterocycles. The number of hydrogen-bond acceptors (Lipinski definition) is 4. The summed E-state index contributed by atoms with van der Waals surface area (Å²) >= 11 is 5.80. The standard InChI is InChI=1S/C20H16ClN3O3/c21-15-6-8-18(9-7-15)27-13-19(25)23-16-4-1-5-17(11-16)24-20(26)14-3-2-10-22-12-14/h1-12H,13H2,(H,23,25)(H,24,26). The van der Waals surface area contributed by atoms with Gasteiger partial charge in [0.1, 0.15) is 5.75 Å². The number of hydrogen-bond donors (Lipinski definition) is 2. The largest absolute Gasteiger partial charge is 0.484 e. The van der Waals surface area contributed by atoms with Gasteiger partial charge in [0.2, 0.25) is 0 Å². The molecule has 2 amide bonds. The highest BCUT2D eigenvalue weighted by Gasteiger charge is 2.08. The summed E-state index contributed by atoms with van der Waals surface area (Å²) in [6.07, 6.45) is 3.08. The van der Waals surface area contributed by atoms with Gasteiger partial charge in [0.25, 0.3) is 11.8 Å². The van der Waals surface area contributed by atoms with Crippen LogP contribution in [-0.4, -0.2) is 23.4 Å². The van der Waals surface area contributed by atoms with Crippen LogP contribution in [-0.2, 0) is 4.79 Å². The lowest BCUT2D eigenvalue weighted by atomic mass is 10.2. The lowest BCUT2D eigenvalue weighted by Crippen LogP contribution is -2.20. The number of rotatable bonds is 6. The van der Waals surface area contributed by atoms with E-state index < -0.39 is 0 Å². The van der Waals surface area contributed by atoms with Crippen molar-refractivity contribution in [3.8, 4) is 5.75 Å². The van der Waals surface area contributed by atoms with Crippen molar-refractivity contribution in [2.24, 2.45) is 0 Å². The van der Waals surface area contributed by atoms with Crippen molar-refractivity contribution >= 4 is 34.8 Å². The van der Waals surface area contributed by atoms with Crippen LogP contribution in [0.1, 0.15) is 10.4 Å². The van der Waals surface area contributed by atoms with Crippen molar-refractivity contribution in [2.75, 3.05) is 17.2 Å². The molecule has 0 radical (unpaired) electrons. The highest BCUT2D eigenvalue weighted by atomic mass is 35.5. The molecule has 0 spiro atoms. The molecule has 0 saturated heterocycles. The minimum Gasteiger partial charge on any atom is -0.484 e. The fourth-order valence-corrected chi connectivity index (χ4v) is 2.38. The maximum Gasteiger partial charge on any atom is 0.262 e. The SMILES string of the molecule is O=C(COc1ccc(Cl)cc1)Nc1cccc(NC(=O)c2cccnc2)c1. The monoisotopic (exact) mass is 381 g/mol. The molecule has 2 aromatic carbocycles. The Bertz CT molecular complexity index is 931. The van der Waals surface area contributed by atoms with Crippen molar-refractivity contribution in [2.45, 2.75) is 0 Å². The first kappa shape index (κ1) is 18.4. The number of anilines is 2. The van der Waals surface area contributed by atoms with E-state index in [1.807, 2.05) is 0 Å². The van der Waals surface area contributed by atoms with E-state index in [1.165, 1.54) is 6.20 Å². The van der Waals surface area contributed by atoms with E-state index in [1.54, 1.807) is 66.9 Å². The summed E-state index contributed by atoms with van der Waals surface area (Å²) in [5.41, 5.74) is 1.55. The zero-order valence-electron chi connectivity index (χ0n) is 14.2. The average molecular weight is 382 g/mol. The molecule has 0 saturated carbocycles. The quantitative estimate of drug-likeness (QED) is 0.676. The minimum absolute atomic E-state index is 0.145. The summed E-state index contributed by atoms with van der Waals surface area (Å²) in [7, 11) is 0. The van der Waals surface area contributed by atoms with Crippen LogP contribution in [0, 0.1) is 0 Å². The van der Waals surface area contributed by atoms with Crippen LogP contribution in [0.5, 0.6) is 5.75 Å². The molecule has 6 nitrogen and oxygen atoms in total. The highest BCUT2D eigenvalue weighted by molar-refractivity contribution is 6.30. The number of ether oxygens (including phenoxy) is 1. The Morgan fingerprint density at radius 2 is 1.70 bits per heavy atom. The molecular formula is C20H16ClN3O3. The van der Waals surface area contributed by atoms with Crippen LogP contribution < -0.4 is 15.4 Å². The van der Waals surface area contributed by atoms with Crippen molar-refractivity contribution < 1.29 is 14.3 Å². The van der Waals surface area contributed by atoms with Crippen LogP contribution in [0.4, 0.5) is 11.4 Å². The van der Waals surface area contributed by atoms with E-state index in [2.05, 4.69) is 15.6 Å². The summed E-state index contributed by atoms with van der Waals surface area (Å²) in [4.78, 5) is 28.1. The molecule has 27 heavy (non-hydrogen) atoms. The number of nitrogens with zero attached hydrogens (tertiary/aromatic N) is 1. The van der Waals surface area contributed by atoms with E-state index in [0.717, 1.165) is 0 Å². The Morgan fingerprint density at radius 3 is 2.41 bits per heavy atom. The first-order valence-corrected chi connectivity index (χ1v) is 8.47. The molecule has 1 heterocycles. The Kier molecular flexibility index (Phi) is 6.02. The van der Waals surface area contributed by atoms with Crippen molar-refractivity contribution in [1.82, 2.24) is 4.98 Å². The number of aromatic nitrogens is 1. The highest BCUT2D eigenvalue weighted by Crippen LogP contribution is 2.17. The second-order valence-electron chi connectivity index (χ2n) is 5.57. The fraction of sp³-hybridized carbons (Fsp3) is 0.0500. The summed E-state index contributed by atoms with van der Waals surface area (Å²) in [6, 6.07) is 16.9. The van der Waals surface area contributed by atoms with E-state index >= 15 is 0 Å². The van der Waals surface area contributed by atoms with Gasteiger partial charge >= 0.3 is 0 Å².